The van der Waals surface area contributed by atoms with E-state index in [4.69, 9.17) is 9.47 Å². The molecule has 0 saturated carbocycles. The molecule has 0 atom stereocenters. The summed E-state index contributed by atoms with van der Waals surface area (Å²) in [6.07, 6.45) is -0.454. The number of carbonyl (C=O) groups excluding carboxylic acids is 2. The molecule has 0 aliphatic rings. The highest BCUT2D eigenvalue weighted by atomic mass is 19.1. The zero-order valence-electron chi connectivity index (χ0n) is 11.2. The summed E-state index contributed by atoms with van der Waals surface area (Å²) in [4.78, 5) is 22.5. The number of rotatable bonds is 3. The molecule has 6 heteroatoms. The lowest BCUT2D eigenvalue weighted by molar-refractivity contribution is 0.0636. The van der Waals surface area contributed by atoms with E-state index in [0.29, 0.717) is 6.29 Å². The lowest BCUT2D eigenvalue weighted by Crippen LogP contribution is -2.27. The molecule has 1 rings (SSSR count). The molecule has 1 N–H and O–H groups in total. The molecular weight excluding hydrogens is 253 g/mol. The number of halogens is 1. The van der Waals surface area contributed by atoms with Crippen LogP contribution in [0.25, 0.3) is 0 Å². The SMILES string of the molecule is COc1ccc(NC(=O)OC(C)(C)C)c(C=O)c1F. The zero-order valence-corrected chi connectivity index (χ0v) is 11.2. The summed E-state index contributed by atoms with van der Waals surface area (Å²) in [5.41, 5.74) is -0.941. The Bertz CT molecular complexity index is 494. The minimum atomic E-state index is -0.828. The van der Waals surface area contributed by atoms with Crippen molar-refractivity contribution in [2.75, 3.05) is 12.4 Å². The molecule has 5 nitrogen and oxygen atoms in total. The Morgan fingerprint density at radius 1 is 1.37 bits per heavy atom. The summed E-state index contributed by atoms with van der Waals surface area (Å²) in [7, 11) is 1.29. The van der Waals surface area contributed by atoms with Crippen molar-refractivity contribution in [2.45, 2.75) is 26.4 Å². The summed E-state index contributed by atoms with van der Waals surface area (Å²) < 4.78 is 23.5. The first-order valence-corrected chi connectivity index (χ1v) is 5.60. The molecule has 0 aliphatic heterocycles. The predicted octanol–water partition coefficient (Wildman–Crippen LogP) is 2.99. The second kappa shape index (κ2) is 5.69. The van der Waals surface area contributed by atoms with E-state index in [1.54, 1.807) is 20.8 Å². The van der Waals surface area contributed by atoms with E-state index in [1.165, 1.54) is 19.2 Å². The first-order valence-electron chi connectivity index (χ1n) is 5.60. The molecule has 0 spiro atoms. The van der Waals surface area contributed by atoms with Crippen LogP contribution in [-0.4, -0.2) is 25.1 Å². The summed E-state index contributed by atoms with van der Waals surface area (Å²) >= 11 is 0. The third-order valence-electron chi connectivity index (χ3n) is 2.12. The van der Waals surface area contributed by atoms with E-state index in [9.17, 15) is 14.0 Å². The van der Waals surface area contributed by atoms with Crippen molar-refractivity contribution in [3.8, 4) is 5.75 Å². The maximum absolute atomic E-state index is 13.8. The van der Waals surface area contributed by atoms with Crippen molar-refractivity contribution >= 4 is 18.1 Å². The van der Waals surface area contributed by atoms with Crippen molar-refractivity contribution in [1.82, 2.24) is 0 Å². The number of benzene rings is 1. The lowest BCUT2D eigenvalue weighted by atomic mass is 10.1. The number of hydrogen-bond donors (Lipinski definition) is 1. The number of aldehydes is 1. The van der Waals surface area contributed by atoms with Gasteiger partial charge in [0.15, 0.2) is 17.9 Å². The number of hydrogen-bond acceptors (Lipinski definition) is 4. The van der Waals surface area contributed by atoms with Gasteiger partial charge in [-0.3, -0.25) is 10.1 Å². The highest BCUT2D eigenvalue weighted by Crippen LogP contribution is 2.26. The smallest absolute Gasteiger partial charge is 0.412 e. The van der Waals surface area contributed by atoms with Crippen molar-refractivity contribution in [2.24, 2.45) is 0 Å². The van der Waals surface area contributed by atoms with Gasteiger partial charge in [0.2, 0.25) is 0 Å². The molecule has 0 bridgehead atoms. The van der Waals surface area contributed by atoms with Gasteiger partial charge in [0, 0.05) is 0 Å². The van der Waals surface area contributed by atoms with Crippen LogP contribution in [0.5, 0.6) is 5.75 Å². The molecule has 1 aromatic rings. The van der Waals surface area contributed by atoms with E-state index < -0.39 is 17.5 Å². The Kier molecular flexibility index (Phi) is 4.47. The normalized spacial score (nSPS) is 10.8. The van der Waals surface area contributed by atoms with E-state index in [0.717, 1.165) is 0 Å². The van der Waals surface area contributed by atoms with E-state index in [1.807, 2.05) is 0 Å². The summed E-state index contributed by atoms with van der Waals surface area (Å²) in [5.74, 6) is -0.900. The van der Waals surface area contributed by atoms with Crippen LogP contribution in [0, 0.1) is 5.82 Å². The number of amides is 1. The van der Waals surface area contributed by atoms with Gasteiger partial charge in [-0.1, -0.05) is 0 Å². The Hall–Kier alpha value is -2.11. The predicted molar refractivity (Wildman–Crippen MR) is 68.2 cm³/mol. The molecule has 1 amide bonds. The first kappa shape index (κ1) is 14.9. The Morgan fingerprint density at radius 2 is 2.00 bits per heavy atom. The van der Waals surface area contributed by atoms with Gasteiger partial charge in [0.05, 0.1) is 18.4 Å². The minimum absolute atomic E-state index is 0.0301. The average Bonchev–Trinajstić information content (AvgIpc) is 2.27. The average molecular weight is 269 g/mol. The standard InChI is InChI=1S/C13H16FNO4/c1-13(2,3)19-12(17)15-9-5-6-10(18-4)11(14)8(9)7-16/h5-7H,1-4H3,(H,15,17). The molecule has 0 unspecified atom stereocenters. The quantitative estimate of drug-likeness (QED) is 0.857. The highest BCUT2D eigenvalue weighted by Gasteiger charge is 2.19. The third kappa shape index (κ3) is 3.94. The van der Waals surface area contributed by atoms with E-state index in [-0.39, 0.29) is 17.0 Å². The molecule has 0 aromatic heterocycles. The first-order chi connectivity index (χ1) is 8.78. The van der Waals surface area contributed by atoms with Gasteiger partial charge in [-0.05, 0) is 32.9 Å². The second-order valence-corrected chi connectivity index (χ2v) is 4.79. The van der Waals surface area contributed by atoms with Crippen LogP contribution in [0.15, 0.2) is 12.1 Å². The number of ether oxygens (including phenoxy) is 2. The maximum Gasteiger partial charge on any atom is 0.412 e. The van der Waals surface area contributed by atoms with Gasteiger partial charge < -0.3 is 9.47 Å². The lowest BCUT2D eigenvalue weighted by Gasteiger charge is -2.20. The molecule has 1 aromatic carbocycles. The van der Waals surface area contributed by atoms with Crippen molar-refractivity contribution in [1.29, 1.82) is 0 Å². The van der Waals surface area contributed by atoms with Crippen LogP contribution in [0.1, 0.15) is 31.1 Å². The van der Waals surface area contributed by atoms with Crippen molar-refractivity contribution in [3.05, 3.63) is 23.5 Å². The van der Waals surface area contributed by atoms with Gasteiger partial charge in [-0.15, -0.1) is 0 Å². The number of carbonyl (C=O) groups is 2. The van der Waals surface area contributed by atoms with Crippen LogP contribution >= 0.6 is 0 Å². The van der Waals surface area contributed by atoms with Crippen LogP contribution in [-0.2, 0) is 4.74 Å². The van der Waals surface area contributed by atoms with Crippen LogP contribution in [0.3, 0.4) is 0 Å². The summed E-state index contributed by atoms with van der Waals surface area (Å²) in [5, 5.41) is 2.32. The van der Waals surface area contributed by atoms with Gasteiger partial charge in [-0.25, -0.2) is 9.18 Å². The molecule has 0 radical (unpaired) electrons. The van der Waals surface area contributed by atoms with Gasteiger partial charge >= 0.3 is 6.09 Å². The van der Waals surface area contributed by atoms with Crippen molar-refractivity contribution in [3.63, 3.8) is 0 Å². The summed E-state index contributed by atoms with van der Waals surface area (Å²) in [6, 6.07) is 2.69. The van der Waals surface area contributed by atoms with Gasteiger partial charge in [0.1, 0.15) is 5.60 Å². The largest absolute Gasteiger partial charge is 0.494 e. The van der Waals surface area contributed by atoms with E-state index >= 15 is 0 Å². The molecular formula is C13H16FNO4. The number of methoxy groups -OCH3 is 1. The number of anilines is 1. The fourth-order valence-electron chi connectivity index (χ4n) is 1.37. The van der Waals surface area contributed by atoms with Gasteiger partial charge in [-0.2, -0.15) is 0 Å². The van der Waals surface area contributed by atoms with Crippen LogP contribution in [0.4, 0.5) is 14.9 Å². The number of nitrogens with one attached hydrogen (secondary N) is 1. The van der Waals surface area contributed by atoms with E-state index in [2.05, 4.69) is 5.32 Å². The highest BCUT2D eigenvalue weighted by molar-refractivity contribution is 5.93. The Labute approximate surface area is 110 Å². The summed E-state index contributed by atoms with van der Waals surface area (Å²) in [6.45, 7) is 5.09. The third-order valence-corrected chi connectivity index (χ3v) is 2.12. The van der Waals surface area contributed by atoms with Crippen LogP contribution in [0.2, 0.25) is 0 Å². The minimum Gasteiger partial charge on any atom is -0.494 e. The zero-order chi connectivity index (χ0) is 14.6. The topological polar surface area (TPSA) is 64.6 Å². The van der Waals surface area contributed by atoms with Gasteiger partial charge in [0.25, 0.3) is 0 Å². The molecule has 0 aliphatic carbocycles. The van der Waals surface area contributed by atoms with Crippen molar-refractivity contribution < 1.29 is 23.5 Å². The fraction of sp³-hybridized carbons (Fsp3) is 0.385. The molecule has 0 saturated heterocycles. The molecule has 0 fully saturated rings. The second-order valence-electron chi connectivity index (χ2n) is 4.79. The van der Waals surface area contributed by atoms with Crippen LogP contribution < -0.4 is 10.1 Å². The molecule has 0 heterocycles. The molecule has 104 valence electrons. The monoisotopic (exact) mass is 269 g/mol. The Balaban J connectivity index is 2.99. The Morgan fingerprint density at radius 3 is 2.47 bits per heavy atom. The fourth-order valence-corrected chi connectivity index (χ4v) is 1.37. The maximum atomic E-state index is 13.8. The molecule has 19 heavy (non-hydrogen) atoms.